The van der Waals surface area contributed by atoms with Gasteiger partial charge in [0.2, 0.25) is 11.8 Å². The molecule has 3 aliphatic rings. The predicted molar refractivity (Wildman–Crippen MR) is 254 cm³/mol. The van der Waals surface area contributed by atoms with E-state index in [1.807, 2.05) is 58.7 Å². The van der Waals surface area contributed by atoms with Gasteiger partial charge < -0.3 is 39.9 Å². The van der Waals surface area contributed by atoms with Crippen LogP contribution in [0.2, 0.25) is 0 Å². The van der Waals surface area contributed by atoms with Crippen molar-refractivity contribution in [1.82, 2.24) is 40.4 Å². The van der Waals surface area contributed by atoms with Gasteiger partial charge in [-0.3, -0.25) is 9.59 Å². The van der Waals surface area contributed by atoms with Crippen LogP contribution in [-0.2, 0) is 19.1 Å². The van der Waals surface area contributed by atoms with Crippen LogP contribution in [0, 0.1) is 74.1 Å². The van der Waals surface area contributed by atoms with E-state index in [2.05, 4.69) is 128 Å². The molecule has 2 unspecified atom stereocenters. The number of H-pyrrole nitrogens is 2. The summed E-state index contributed by atoms with van der Waals surface area (Å²) in [7, 11) is 2.61. The van der Waals surface area contributed by atoms with Gasteiger partial charge >= 0.3 is 12.2 Å². The number of piperidine rings is 1. The van der Waals surface area contributed by atoms with E-state index in [0.29, 0.717) is 17.9 Å². The normalized spacial score (nSPS) is 16.8. The minimum absolute atomic E-state index is 0.00194. The first-order chi connectivity index (χ1) is 30.9. The number of aromatic nitrogens is 4. The Kier molecular flexibility index (Phi) is 25.0. The molecule has 342 valence electrons. The number of alkyl carbamates (subject to hydrolysis) is 2. The van der Waals surface area contributed by atoms with Crippen molar-refractivity contribution in [1.29, 1.82) is 0 Å². The number of likely N-dealkylation sites (tertiary alicyclic amines) is 2. The van der Waals surface area contributed by atoms with Gasteiger partial charge in [-0.2, -0.15) is 0 Å². The van der Waals surface area contributed by atoms with Gasteiger partial charge in [-0.05, 0) is 77.8 Å². The van der Waals surface area contributed by atoms with Crippen molar-refractivity contribution < 1.29 is 28.7 Å². The smallest absolute Gasteiger partial charge is 0.407 e. The fourth-order valence-corrected chi connectivity index (χ4v) is 7.25. The molecule has 7 rings (SSSR count). The van der Waals surface area contributed by atoms with Crippen LogP contribution in [0.25, 0.3) is 22.0 Å². The number of aromatic amines is 2. The molecule has 0 spiro atoms. The van der Waals surface area contributed by atoms with Crippen LogP contribution in [0.15, 0.2) is 61.4 Å². The van der Waals surface area contributed by atoms with E-state index in [-0.39, 0.29) is 23.7 Å². The number of fused-ring (bicyclic) bond motifs is 2. The number of hydrogen-bond acceptors (Lipinski definition) is 8. The second kappa shape index (κ2) is 29.2. The fraction of sp³-hybridized carbons (Fsp3) is 0.440. The summed E-state index contributed by atoms with van der Waals surface area (Å²) in [4.78, 5) is 64.9. The van der Waals surface area contributed by atoms with Gasteiger partial charge in [-0.15, -0.1) is 38.5 Å². The van der Waals surface area contributed by atoms with Crippen LogP contribution in [0.1, 0.15) is 79.0 Å². The topological polar surface area (TPSA) is 175 Å². The van der Waals surface area contributed by atoms with Crippen molar-refractivity contribution in [3.05, 3.63) is 72.7 Å². The van der Waals surface area contributed by atoms with Crippen molar-refractivity contribution >= 4 is 34.8 Å². The van der Waals surface area contributed by atoms with Gasteiger partial charge in [0.25, 0.3) is 0 Å². The maximum atomic E-state index is 12.5. The first-order valence-corrected chi connectivity index (χ1v) is 21.2. The van der Waals surface area contributed by atoms with Crippen LogP contribution in [0.3, 0.4) is 0 Å². The number of carbonyl (C=O) groups excluding carboxylic acids is 4. The Labute approximate surface area is 380 Å². The summed E-state index contributed by atoms with van der Waals surface area (Å²) in [6.07, 6.45) is 33.0. The van der Waals surface area contributed by atoms with Gasteiger partial charge in [0.15, 0.2) is 0 Å². The second-order valence-electron chi connectivity index (χ2n) is 15.0. The SMILES string of the molecule is C#C.C#C.C#C.C(#Cc1cnc[nH]1)c1ccc2cc(-c3cnc[nH]3)ccc2c1.CC.COC(=O)N[C@H](C(=O)N1CCC2C1[C@@H]2C)C(C)C.COC(=O)N[C@H](C(=O)N1CCCC1)C(C)C. The van der Waals surface area contributed by atoms with E-state index in [1.54, 1.807) is 23.8 Å². The molecule has 5 atom stereocenters. The maximum absolute atomic E-state index is 12.5. The first kappa shape index (κ1) is 54.9. The zero-order chi connectivity index (χ0) is 48.4. The maximum Gasteiger partial charge on any atom is 0.407 e. The first-order valence-electron chi connectivity index (χ1n) is 21.2. The zero-order valence-electron chi connectivity index (χ0n) is 38.8. The van der Waals surface area contributed by atoms with E-state index in [4.69, 9.17) is 0 Å². The Balaban J connectivity index is 0.000000450. The van der Waals surface area contributed by atoms with Gasteiger partial charge in [0, 0.05) is 36.8 Å². The molecule has 3 fully saturated rings. The zero-order valence-corrected chi connectivity index (χ0v) is 38.8. The van der Waals surface area contributed by atoms with Crippen LogP contribution >= 0.6 is 0 Å². The molecule has 4 amide bonds. The van der Waals surface area contributed by atoms with Crippen LogP contribution in [-0.4, -0.2) is 106 Å². The molecular weight excluding hydrogens is 809 g/mol. The number of hydrogen-bond donors (Lipinski definition) is 4. The number of terminal acetylenes is 3. The molecule has 14 nitrogen and oxygen atoms in total. The van der Waals surface area contributed by atoms with Gasteiger partial charge in [-0.1, -0.05) is 72.6 Å². The molecule has 14 heteroatoms. The highest BCUT2D eigenvalue weighted by atomic mass is 16.5. The number of benzene rings is 2. The molecule has 1 aliphatic carbocycles. The van der Waals surface area contributed by atoms with Gasteiger partial charge in [0.05, 0.1) is 45.0 Å². The number of nitrogens with zero attached hydrogens (tertiary/aromatic N) is 4. The Hall–Kier alpha value is -7.16. The standard InChI is InChI=1S/C18H12N4.C13H22N2O3.C11H20N2O3.C2H6.3C2H2/c1-3-15-8-16(18-10-20-12-22-18)5-4-14(15)7-13(1)2-6-17-9-19-11-21-17;1-7(2)10(14-13(17)18-4)12(16)15-6-5-9-8(3)11(9)15;1-8(2)9(12-11(15)16-3)10(14)13-6-4-5-7-13;4*1-2/h1,3-5,7-12H,(H,19,21)(H,20,22);7-11H,5-6H2,1-4H3,(H,14,17);8-9H,4-7H2,1-3H3,(H,12,15);1-2H3;3*1-2H/t;8-,9?,10+,11?;9-;;;;/m.10..../s1. The van der Waals surface area contributed by atoms with Crippen molar-refractivity contribution in [2.24, 2.45) is 23.7 Å². The van der Waals surface area contributed by atoms with Gasteiger partial charge in [0.1, 0.15) is 17.8 Å². The molecule has 4 N–H and O–H groups in total. The third-order valence-corrected chi connectivity index (χ3v) is 10.5. The molecule has 4 heterocycles. The van der Waals surface area contributed by atoms with E-state index in [9.17, 15) is 19.2 Å². The molecular formula is C50H66N8O6. The third-order valence-electron chi connectivity index (χ3n) is 10.5. The average molecular weight is 875 g/mol. The van der Waals surface area contributed by atoms with E-state index >= 15 is 0 Å². The Morgan fingerprint density at radius 1 is 0.734 bits per heavy atom. The summed E-state index contributed by atoms with van der Waals surface area (Å²) in [5, 5.41) is 7.58. The lowest BCUT2D eigenvalue weighted by molar-refractivity contribution is -0.134. The lowest BCUT2D eigenvalue weighted by Crippen LogP contribution is -2.51. The predicted octanol–water partition coefficient (Wildman–Crippen LogP) is 7.35. The Morgan fingerprint density at radius 2 is 1.27 bits per heavy atom. The Morgan fingerprint density at radius 3 is 1.75 bits per heavy atom. The number of rotatable bonds is 7. The Bertz CT molecular complexity index is 2130. The largest absolute Gasteiger partial charge is 0.453 e. The van der Waals surface area contributed by atoms with Crippen molar-refractivity contribution in [2.75, 3.05) is 33.9 Å². The molecule has 2 aromatic carbocycles. The molecule has 4 aromatic rings. The van der Waals surface area contributed by atoms with E-state index in [0.717, 1.165) is 61.4 Å². The number of amides is 4. The monoisotopic (exact) mass is 875 g/mol. The minimum Gasteiger partial charge on any atom is -0.453 e. The molecule has 1 saturated carbocycles. The number of imidazole rings is 2. The lowest BCUT2D eigenvalue weighted by atomic mass is 10.0. The molecule has 2 saturated heterocycles. The number of methoxy groups -OCH3 is 2. The lowest BCUT2D eigenvalue weighted by Gasteiger charge is -2.28. The minimum atomic E-state index is -0.550. The second-order valence-corrected chi connectivity index (χ2v) is 15.0. The summed E-state index contributed by atoms with van der Waals surface area (Å²) in [6.45, 7) is 16.3. The van der Waals surface area contributed by atoms with Crippen molar-refractivity contribution in [2.45, 2.75) is 85.9 Å². The fourth-order valence-electron chi connectivity index (χ4n) is 7.25. The molecule has 2 aliphatic heterocycles. The third kappa shape index (κ3) is 15.9. The number of ether oxygens (including phenoxy) is 2. The summed E-state index contributed by atoms with van der Waals surface area (Å²) in [6, 6.07) is 12.0. The van der Waals surface area contributed by atoms with Crippen LogP contribution < -0.4 is 10.6 Å². The van der Waals surface area contributed by atoms with Crippen molar-refractivity contribution in [3.63, 3.8) is 0 Å². The van der Waals surface area contributed by atoms with E-state index < -0.39 is 24.3 Å². The molecule has 0 radical (unpaired) electrons. The summed E-state index contributed by atoms with van der Waals surface area (Å²) in [5.74, 6) is 7.66. The van der Waals surface area contributed by atoms with Crippen LogP contribution in [0.5, 0.6) is 0 Å². The van der Waals surface area contributed by atoms with Gasteiger partial charge in [-0.25, -0.2) is 19.6 Å². The molecule has 64 heavy (non-hydrogen) atoms. The average Bonchev–Trinajstić information content (AvgIpc) is 4.08. The summed E-state index contributed by atoms with van der Waals surface area (Å²) >= 11 is 0. The highest BCUT2D eigenvalue weighted by Crippen LogP contribution is 2.50. The summed E-state index contributed by atoms with van der Waals surface area (Å²) in [5.41, 5.74) is 3.94. The highest BCUT2D eigenvalue weighted by Gasteiger charge is 2.56. The quantitative estimate of drug-likeness (QED) is 0.140. The number of nitrogens with one attached hydrogen (secondary N) is 4. The summed E-state index contributed by atoms with van der Waals surface area (Å²) < 4.78 is 9.10. The van der Waals surface area contributed by atoms with Crippen LogP contribution in [0.4, 0.5) is 9.59 Å². The molecule has 0 bridgehead atoms. The molecule has 2 aromatic heterocycles. The van der Waals surface area contributed by atoms with Crippen molar-refractivity contribution in [3.8, 4) is 61.6 Å². The highest BCUT2D eigenvalue weighted by molar-refractivity contribution is 5.88. The number of carbonyl (C=O) groups is 4. The van der Waals surface area contributed by atoms with E-state index in [1.165, 1.54) is 25.0 Å².